The summed E-state index contributed by atoms with van der Waals surface area (Å²) < 4.78 is 4.72. The number of para-hydroxylation sites is 1. The number of hydrogen-bond acceptors (Lipinski definition) is 0. The lowest BCUT2D eigenvalue weighted by molar-refractivity contribution is 0.799. The molecule has 308 valence electrons. The Labute approximate surface area is 369 Å². The molecule has 2 nitrogen and oxygen atoms in total. The summed E-state index contributed by atoms with van der Waals surface area (Å²) >= 11 is 0. The lowest BCUT2D eigenvalue weighted by Crippen LogP contribution is -2.26. The van der Waals surface area contributed by atoms with Crippen LogP contribution in [0.25, 0.3) is 56.0 Å². The molecule has 62 heavy (non-hydrogen) atoms. The van der Waals surface area contributed by atoms with Crippen molar-refractivity contribution in [3.8, 4) is 11.1 Å². The standard InChI is InChI=1S/C45H40N2.C13H12.C2H6/c1-7-12-22-36-35-24-14-17-27-40(35)45(38(21-10-4)33(11-5)34-23-13-16-26-39(34)45)41(36)29-32-30-43-44(46(32)6)37-25-15-18-28-42(37)47(43)31(19-8-2)20-9-3;1-11-7-9-13(10-8-11)12-5-3-2-4-6-12;1-2/h7-30H,2,4H2,1,3,5-6H3;2-10H,1H3;1-2H3/b12-7+,20-9-,31-19+,33-11-,36-22-,38-21+,41-29+;;. The number of hydrogen-bond donors (Lipinski definition) is 0. The normalized spacial score (nSPS) is 18.2. The van der Waals surface area contributed by atoms with Crippen LogP contribution in [0.1, 0.15) is 68.1 Å². The quantitative estimate of drug-likeness (QED) is 0.142. The summed E-state index contributed by atoms with van der Waals surface area (Å²) in [7, 11) is 2.20. The molecule has 1 spiro atoms. The molecular weight excluding hydrogens is 749 g/mol. The monoisotopic (exact) mass is 806 g/mol. The predicted molar refractivity (Wildman–Crippen MR) is 272 cm³/mol. The fourth-order valence-corrected chi connectivity index (χ4v) is 9.39. The molecule has 1 unspecified atom stereocenters. The zero-order valence-electron chi connectivity index (χ0n) is 37.4. The van der Waals surface area contributed by atoms with Crippen LogP contribution in [0, 0.1) is 6.92 Å². The molecule has 2 aliphatic rings. The van der Waals surface area contributed by atoms with E-state index < -0.39 is 5.41 Å². The summed E-state index contributed by atoms with van der Waals surface area (Å²) in [6.45, 7) is 20.6. The van der Waals surface area contributed by atoms with Gasteiger partial charge in [-0.3, -0.25) is 0 Å². The zero-order valence-corrected chi connectivity index (χ0v) is 37.4. The molecule has 0 fully saturated rings. The summed E-state index contributed by atoms with van der Waals surface area (Å²) in [5.41, 5.74) is 19.3. The maximum atomic E-state index is 4.19. The first-order chi connectivity index (χ1) is 30.4. The highest BCUT2D eigenvalue weighted by Crippen LogP contribution is 2.65. The molecular formula is C60H58N2. The van der Waals surface area contributed by atoms with Crippen LogP contribution in [0.2, 0.25) is 0 Å². The summed E-state index contributed by atoms with van der Waals surface area (Å²) in [6.07, 6.45) is 23.6. The third kappa shape index (κ3) is 7.37. The van der Waals surface area contributed by atoms with Crippen molar-refractivity contribution < 1.29 is 0 Å². The van der Waals surface area contributed by atoms with Gasteiger partial charge < -0.3 is 9.13 Å². The highest BCUT2D eigenvalue weighted by Gasteiger charge is 2.54. The fraction of sp³-hybridized carbons (Fsp3) is 0.133. The maximum Gasteiger partial charge on any atom is 0.0748 e. The summed E-state index contributed by atoms with van der Waals surface area (Å²) in [5, 5.41) is 1.22. The van der Waals surface area contributed by atoms with E-state index in [0.717, 1.165) is 16.9 Å². The third-order valence-corrected chi connectivity index (χ3v) is 11.9. The Morgan fingerprint density at radius 1 is 0.613 bits per heavy atom. The first kappa shape index (κ1) is 42.9. The van der Waals surface area contributed by atoms with Crippen molar-refractivity contribution >= 4 is 44.9 Å². The van der Waals surface area contributed by atoms with Gasteiger partial charge >= 0.3 is 0 Å². The molecule has 0 aliphatic heterocycles. The van der Waals surface area contributed by atoms with Crippen LogP contribution in [0.5, 0.6) is 0 Å². The van der Waals surface area contributed by atoms with Crippen molar-refractivity contribution in [2.75, 3.05) is 0 Å². The second-order valence-electron chi connectivity index (χ2n) is 15.3. The van der Waals surface area contributed by atoms with Crippen molar-refractivity contribution in [3.05, 3.63) is 252 Å². The van der Waals surface area contributed by atoms with Crippen LogP contribution in [0.4, 0.5) is 0 Å². The Hall–Kier alpha value is -7.16. The number of allylic oxidation sites excluding steroid dienone is 15. The van der Waals surface area contributed by atoms with E-state index in [9.17, 15) is 0 Å². The molecule has 2 heteroatoms. The Balaban J connectivity index is 0.000000326. The van der Waals surface area contributed by atoms with Gasteiger partial charge in [0.1, 0.15) is 0 Å². The molecule has 5 aromatic carbocycles. The number of aryl methyl sites for hydroxylation is 2. The molecule has 2 heterocycles. The van der Waals surface area contributed by atoms with Crippen LogP contribution in [0.3, 0.4) is 0 Å². The van der Waals surface area contributed by atoms with Gasteiger partial charge in [-0.1, -0.05) is 203 Å². The van der Waals surface area contributed by atoms with Gasteiger partial charge in [0.05, 0.1) is 22.0 Å². The minimum Gasteiger partial charge on any atom is -0.342 e. The molecule has 0 N–H and O–H groups in total. The maximum absolute atomic E-state index is 4.19. The molecule has 0 bridgehead atoms. The molecule has 2 aliphatic carbocycles. The topological polar surface area (TPSA) is 9.86 Å². The largest absolute Gasteiger partial charge is 0.342 e. The van der Waals surface area contributed by atoms with E-state index in [4.69, 9.17) is 0 Å². The Morgan fingerprint density at radius 3 is 1.85 bits per heavy atom. The molecule has 0 radical (unpaired) electrons. The molecule has 0 saturated carbocycles. The van der Waals surface area contributed by atoms with Gasteiger partial charge in [-0.2, -0.15) is 0 Å². The van der Waals surface area contributed by atoms with Crippen molar-refractivity contribution in [2.45, 2.75) is 47.0 Å². The minimum absolute atomic E-state index is 0.498. The summed E-state index contributed by atoms with van der Waals surface area (Å²) in [5.74, 6) is 0. The van der Waals surface area contributed by atoms with Crippen LogP contribution in [-0.4, -0.2) is 9.13 Å². The van der Waals surface area contributed by atoms with Crippen LogP contribution >= 0.6 is 0 Å². The van der Waals surface area contributed by atoms with Crippen LogP contribution < -0.4 is 0 Å². The van der Waals surface area contributed by atoms with Gasteiger partial charge in [0.2, 0.25) is 0 Å². The molecule has 7 aromatic rings. The average Bonchev–Trinajstić information content (AvgIpc) is 3.99. The SMILES string of the molecule is C=C/C=C(\C=C/C)n1c2ccccc2c2c1cc(\C=C1/C(=C\C=C\C)c3ccccc3C13C(=C/C=C)/C(=C\C)c1ccccc13)n2C.CC.Cc1ccc(-c2ccccc2)cc1. The first-order valence-corrected chi connectivity index (χ1v) is 21.8. The number of benzene rings is 5. The van der Waals surface area contributed by atoms with Crippen LogP contribution in [-0.2, 0) is 12.5 Å². The Bertz CT molecular complexity index is 2980. The predicted octanol–water partition coefficient (Wildman–Crippen LogP) is 16.3. The second kappa shape index (κ2) is 19.0. The Kier molecular flexibility index (Phi) is 13.2. The van der Waals surface area contributed by atoms with E-state index in [0.29, 0.717) is 0 Å². The van der Waals surface area contributed by atoms with E-state index in [1.807, 2.05) is 32.1 Å². The van der Waals surface area contributed by atoms with Gasteiger partial charge in [0.25, 0.3) is 0 Å². The number of fused-ring (bicyclic) bond motifs is 7. The van der Waals surface area contributed by atoms with Crippen molar-refractivity contribution in [1.82, 2.24) is 9.13 Å². The lowest BCUT2D eigenvalue weighted by atomic mass is 9.69. The van der Waals surface area contributed by atoms with Crippen LogP contribution in [0.15, 0.2) is 219 Å². The highest BCUT2D eigenvalue weighted by atomic mass is 15.1. The first-order valence-electron chi connectivity index (χ1n) is 21.8. The van der Waals surface area contributed by atoms with Gasteiger partial charge in [-0.15, -0.1) is 0 Å². The number of aromatic nitrogens is 2. The number of rotatable bonds is 7. The van der Waals surface area contributed by atoms with E-state index in [1.54, 1.807) is 0 Å². The molecule has 2 aromatic heterocycles. The smallest absolute Gasteiger partial charge is 0.0748 e. The van der Waals surface area contributed by atoms with Crippen molar-refractivity contribution in [1.29, 1.82) is 0 Å². The lowest BCUT2D eigenvalue weighted by Gasteiger charge is -2.31. The van der Waals surface area contributed by atoms with E-state index >= 15 is 0 Å². The Morgan fingerprint density at radius 2 is 1.23 bits per heavy atom. The van der Waals surface area contributed by atoms with E-state index in [-0.39, 0.29) is 0 Å². The molecule has 0 amide bonds. The van der Waals surface area contributed by atoms with Crippen molar-refractivity contribution in [2.24, 2.45) is 7.05 Å². The summed E-state index contributed by atoms with van der Waals surface area (Å²) in [4.78, 5) is 0. The van der Waals surface area contributed by atoms with Crippen molar-refractivity contribution in [3.63, 3.8) is 0 Å². The van der Waals surface area contributed by atoms with Gasteiger partial charge in [-0.25, -0.2) is 0 Å². The zero-order chi connectivity index (χ0) is 43.8. The van der Waals surface area contributed by atoms with Gasteiger partial charge in [0.15, 0.2) is 0 Å². The molecule has 0 saturated heterocycles. The summed E-state index contributed by atoms with van der Waals surface area (Å²) in [6, 6.07) is 47.9. The minimum atomic E-state index is -0.498. The fourth-order valence-electron chi connectivity index (χ4n) is 9.39. The average molecular weight is 807 g/mol. The van der Waals surface area contributed by atoms with Gasteiger partial charge in [-0.05, 0) is 114 Å². The molecule has 1 atom stereocenters. The van der Waals surface area contributed by atoms with Gasteiger partial charge in [0, 0.05) is 23.8 Å². The van der Waals surface area contributed by atoms with E-state index in [1.165, 1.54) is 77.7 Å². The second-order valence-corrected chi connectivity index (χ2v) is 15.3. The number of nitrogens with zero attached hydrogens (tertiary/aromatic N) is 2. The molecule has 9 rings (SSSR count). The third-order valence-electron chi connectivity index (χ3n) is 11.9. The highest BCUT2D eigenvalue weighted by molar-refractivity contribution is 6.11. The van der Waals surface area contributed by atoms with E-state index in [2.05, 4.69) is 239 Å².